The highest BCUT2D eigenvalue weighted by Gasteiger charge is 2.61. The van der Waals surface area contributed by atoms with E-state index in [1.807, 2.05) is 13.8 Å². The Balaban J connectivity index is 1.47. The standard InChI is InChI=1S/C25H40O4/c1-5-22(26)28-17-11-13-24(3)16(15-17)7-8-18-19-9-10-21(29-23(27)6-2)25(19,4)14-12-20(18)24/h16-21H,5-15H2,1-4H3/t16-,17-,18+,19+,20+,21+,24+,25+/m1/s1. The molecule has 0 spiro atoms. The van der Waals surface area contributed by atoms with Gasteiger partial charge >= 0.3 is 11.9 Å². The van der Waals surface area contributed by atoms with Gasteiger partial charge in [-0.3, -0.25) is 9.59 Å². The molecule has 4 heteroatoms. The summed E-state index contributed by atoms with van der Waals surface area (Å²) in [6.07, 6.45) is 11.8. The van der Waals surface area contributed by atoms with Crippen molar-refractivity contribution in [2.75, 3.05) is 0 Å². The van der Waals surface area contributed by atoms with Gasteiger partial charge in [-0.1, -0.05) is 27.7 Å². The Labute approximate surface area is 176 Å². The summed E-state index contributed by atoms with van der Waals surface area (Å²) in [5.41, 5.74) is 0.556. The minimum Gasteiger partial charge on any atom is -0.462 e. The summed E-state index contributed by atoms with van der Waals surface area (Å²) in [4.78, 5) is 23.8. The van der Waals surface area contributed by atoms with E-state index in [0.717, 1.165) is 31.1 Å². The molecule has 8 atom stereocenters. The first kappa shape index (κ1) is 21.2. The number of ether oxygens (including phenoxy) is 2. The van der Waals surface area contributed by atoms with Crippen molar-refractivity contribution in [1.29, 1.82) is 0 Å². The number of esters is 2. The minimum atomic E-state index is -0.0423. The molecule has 0 radical (unpaired) electrons. The van der Waals surface area contributed by atoms with Gasteiger partial charge in [0.2, 0.25) is 0 Å². The fraction of sp³-hybridized carbons (Fsp3) is 0.920. The minimum absolute atomic E-state index is 0.0328. The number of hydrogen-bond acceptors (Lipinski definition) is 4. The fourth-order valence-electron chi connectivity index (χ4n) is 7.98. The first-order valence-electron chi connectivity index (χ1n) is 12.2. The highest BCUT2D eigenvalue weighted by Crippen LogP contribution is 2.66. The van der Waals surface area contributed by atoms with Gasteiger partial charge in [-0.25, -0.2) is 0 Å². The Bertz CT molecular complexity index is 645. The van der Waals surface area contributed by atoms with E-state index in [2.05, 4.69) is 13.8 Å². The van der Waals surface area contributed by atoms with Crippen molar-refractivity contribution < 1.29 is 19.1 Å². The van der Waals surface area contributed by atoms with Crippen molar-refractivity contribution >= 4 is 11.9 Å². The average Bonchev–Trinajstić information content (AvgIpc) is 3.04. The van der Waals surface area contributed by atoms with Gasteiger partial charge < -0.3 is 9.47 Å². The summed E-state index contributed by atoms with van der Waals surface area (Å²) >= 11 is 0. The molecule has 4 aliphatic rings. The lowest BCUT2D eigenvalue weighted by molar-refractivity contribution is -0.169. The van der Waals surface area contributed by atoms with Crippen LogP contribution in [-0.2, 0) is 19.1 Å². The molecule has 0 amide bonds. The second-order valence-electron chi connectivity index (χ2n) is 10.9. The van der Waals surface area contributed by atoms with Crippen molar-refractivity contribution in [2.45, 2.75) is 111 Å². The summed E-state index contributed by atoms with van der Waals surface area (Å²) in [5.74, 6) is 2.86. The zero-order chi connectivity index (χ0) is 20.8. The third-order valence-corrected chi connectivity index (χ3v) is 9.68. The Hall–Kier alpha value is -1.06. The molecule has 4 aliphatic carbocycles. The van der Waals surface area contributed by atoms with Gasteiger partial charge in [-0.2, -0.15) is 0 Å². The maximum atomic E-state index is 12.0. The van der Waals surface area contributed by atoms with Crippen LogP contribution in [0.15, 0.2) is 0 Å². The van der Waals surface area contributed by atoms with Crippen LogP contribution in [0.3, 0.4) is 0 Å². The van der Waals surface area contributed by atoms with Crippen LogP contribution in [0.2, 0.25) is 0 Å². The Morgan fingerprint density at radius 2 is 1.45 bits per heavy atom. The molecular formula is C25H40O4. The molecule has 4 fully saturated rings. The molecule has 0 aliphatic heterocycles. The zero-order valence-electron chi connectivity index (χ0n) is 18.9. The predicted octanol–water partition coefficient (Wildman–Crippen LogP) is 5.67. The van der Waals surface area contributed by atoms with E-state index < -0.39 is 0 Å². The molecular weight excluding hydrogens is 364 g/mol. The summed E-state index contributed by atoms with van der Waals surface area (Å²) in [6.45, 7) is 8.72. The lowest BCUT2D eigenvalue weighted by atomic mass is 9.45. The molecule has 4 rings (SSSR count). The Morgan fingerprint density at radius 1 is 0.793 bits per heavy atom. The third kappa shape index (κ3) is 3.53. The highest BCUT2D eigenvalue weighted by atomic mass is 16.5. The lowest BCUT2D eigenvalue weighted by Gasteiger charge is -2.60. The number of hydrogen-bond donors (Lipinski definition) is 0. The van der Waals surface area contributed by atoms with Crippen molar-refractivity contribution in [3.8, 4) is 0 Å². The topological polar surface area (TPSA) is 52.6 Å². The molecule has 0 aromatic carbocycles. The largest absolute Gasteiger partial charge is 0.462 e. The highest BCUT2D eigenvalue weighted by molar-refractivity contribution is 5.69. The molecule has 4 nitrogen and oxygen atoms in total. The van der Waals surface area contributed by atoms with Gasteiger partial charge in [0.05, 0.1) is 0 Å². The van der Waals surface area contributed by atoms with Crippen LogP contribution in [0.4, 0.5) is 0 Å². The number of carbonyl (C=O) groups excluding carboxylic acids is 2. The monoisotopic (exact) mass is 404 g/mol. The predicted molar refractivity (Wildman–Crippen MR) is 112 cm³/mol. The molecule has 0 aromatic heterocycles. The summed E-state index contributed by atoms with van der Waals surface area (Å²) in [6, 6.07) is 0. The molecule has 0 N–H and O–H groups in total. The first-order chi connectivity index (χ1) is 13.8. The van der Waals surface area contributed by atoms with Crippen molar-refractivity contribution in [3.05, 3.63) is 0 Å². The van der Waals surface area contributed by atoms with Crippen LogP contribution < -0.4 is 0 Å². The van der Waals surface area contributed by atoms with E-state index in [4.69, 9.17) is 9.47 Å². The van der Waals surface area contributed by atoms with Gasteiger partial charge in [-0.15, -0.1) is 0 Å². The molecule has 4 saturated carbocycles. The summed E-state index contributed by atoms with van der Waals surface area (Å²) < 4.78 is 11.6. The van der Waals surface area contributed by atoms with Crippen molar-refractivity contribution in [3.63, 3.8) is 0 Å². The number of carbonyl (C=O) groups is 2. The van der Waals surface area contributed by atoms with Gasteiger partial charge in [0, 0.05) is 18.3 Å². The average molecular weight is 405 g/mol. The van der Waals surface area contributed by atoms with Crippen LogP contribution in [0, 0.1) is 34.5 Å². The van der Waals surface area contributed by atoms with Crippen LogP contribution >= 0.6 is 0 Å². The van der Waals surface area contributed by atoms with Gasteiger partial charge in [0.25, 0.3) is 0 Å². The van der Waals surface area contributed by atoms with Crippen molar-refractivity contribution in [2.24, 2.45) is 34.5 Å². The maximum Gasteiger partial charge on any atom is 0.305 e. The van der Waals surface area contributed by atoms with Crippen LogP contribution in [-0.4, -0.2) is 24.1 Å². The zero-order valence-corrected chi connectivity index (χ0v) is 18.9. The van der Waals surface area contributed by atoms with Crippen LogP contribution in [0.5, 0.6) is 0 Å². The molecule has 0 heterocycles. The van der Waals surface area contributed by atoms with E-state index in [9.17, 15) is 9.59 Å². The van der Waals surface area contributed by atoms with E-state index in [0.29, 0.717) is 30.1 Å². The van der Waals surface area contributed by atoms with Gasteiger partial charge in [0.1, 0.15) is 12.2 Å². The second-order valence-corrected chi connectivity index (χ2v) is 10.9. The number of rotatable bonds is 4. The maximum absolute atomic E-state index is 12.0. The summed E-state index contributed by atoms with van der Waals surface area (Å²) in [7, 11) is 0. The van der Waals surface area contributed by atoms with Gasteiger partial charge in [-0.05, 0) is 86.9 Å². The molecule has 0 bridgehead atoms. The quantitative estimate of drug-likeness (QED) is 0.566. The van der Waals surface area contributed by atoms with Crippen molar-refractivity contribution in [1.82, 2.24) is 0 Å². The van der Waals surface area contributed by atoms with E-state index >= 15 is 0 Å². The Kier molecular flexibility index (Phi) is 5.76. The molecule has 0 saturated heterocycles. The second kappa shape index (κ2) is 7.89. The smallest absolute Gasteiger partial charge is 0.305 e. The van der Waals surface area contributed by atoms with Crippen LogP contribution in [0.25, 0.3) is 0 Å². The van der Waals surface area contributed by atoms with E-state index in [1.54, 1.807) is 0 Å². The van der Waals surface area contributed by atoms with Crippen LogP contribution in [0.1, 0.15) is 98.3 Å². The number of fused-ring (bicyclic) bond motifs is 5. The molecule has 164 valence electrons. The molecule has 0 aromatic rings. The molecule has 0 unspecified atom stereocenters. The fourth-order valence-corrected chi connectivity index (χ4v) is 7.98. The normalized spacial score (nSPS) is 46.2. The first-order valence-corrected chi connectivity index (χ1v) is 12.2. The summed E-state index contributed by atoms with van der Waals surface area (Å²) in [5, 5.41) is 0. The third-order valence-electron chi connectivity index (χ3n) is 9.68. The molecule has 29 heavy (non-hydrogen) atoms. The lowest BCUT2D eigenvalue weighted by Crippen LogP contribution is -2.54. The Morgan fingerprint density at radius 3 is 2.17 bits per heavy atom. The SMILES string of the molecule is CCC(=O)O[C@@H]1CC[C@@]2(C)[C@H](CC[C@@H]3[C@@H]2CC[C@]2(C)[C@@H](OC(=O)CC)CC[C@@H]32)C1. The van der Waals surface area contributed by atoms with Gasteiger partial charge in [0.15, 0.2) is 0 Å². The van der Waals surface area contributed by atoms with E-state index in [-0.39, 0.29) is 29.6 Å². The van der Waals surface area contributed by atoms with E-state index in [1.165, 1.54) is 38.5 Å².